The van der Waals surface area contributed by atoms with E-state index in [0.717, 1.165) is 24.1 Å². The second-order valence-corrected chi connectivity index (χ2v) is 9.38. The summed E-state index contributed by atoms with van der Waals surface area (Å²) in [4.78, 5) is 29.4. The fourth-order valence-electron chi connectivity index (χ4n) is 4.84. The van der Waals surface area contributed by atoms with Crippen molar-refractivity contribution in [2.75, 3.05) is 26.2 Å². The number of aromatic amines is 1. The van der Waals surface area contributed by atoms with E-state index < -0.39 is 12.1 Å². The van der Waals surface area contributed by atoms with Gasteiger partial charge in [-0.15, -0.1) is 18.3 Å². The predicted octanol–water partition coefficient (Wildman–Crippen LogP) is 4.14. The molecule has 5 rings (SSSR count). The third kappa shape index (κ3) is 5.30. The highest BCUT2D eigenvalue weighted by Gasteiger charge is 2.39. The first kappa shape index (κ1) is 24.1. The number of benzene rings is 2. The van der Waals surface area contributed by atoms with Gasteiger partial charge in [0.15, 0.2) is 0 Å². The van der Waals surface area contributed by atoms with E-state index >= 15 is 0 Å². The van der Waals surface area contributed by atoms with Crippen LogP contribution in [0, 0.1) is 11.8 Å². The highest BCUT2D eigenvalue weighted by atomic mass is 35.5. The summed E-state index contributed by atoms with van der Waals surface area (Å²) in [7, 11) is 0. The number of carbonyl (C=O) groups is 2. The molecule has 8 nitrogen and oxygen atoms in total. The lowest BCUT2D eigenvalue weighted by atomic mass is 9.88. The fraction of sp³-hybridized carbons (Fsp3) is 0.333. The van der Waals surface area contributed by atoms with Gasteiger partial charge >= 0.3 is 6.36 Å². The summed E-state index contributed by atoms with van der Waals surface area (Å²) in [5.74, 6) is -0.365. The minimum absolute atomic E-state index is 0.0588. The zero-order valence-corrected chi connectivity index (χ0v) is 19.6. The average molecular weight is 520 g/mol. The molecule has 3 heterocycles. The molecule has 3 aromatic rings. The van der Waals surface area contributed by atoms with E-state index in [1.807, 2.05) is 0 Å². The maximum Gasteiger partial charge on any atom is 0.573 e. The Bertz CT molecular complexity index is 1340. The summed E-state index contributed by atoms with van der Waals surface area (Å²) in [5.41, 5.74) is 2.23. The zero-order chi connectivity index (χ0) is 25.4. The van der Waals surface area contributed by atoms with Crippen molar-refractivity contribution in [2.45, 2.75) is 12.8 Å². The number of piperidine rings is 1. The van der Waals surface area contributed by atoms with Gasteiger partial charge < -0.3 is 14.5 Å². The second kappa shape index (κ2) is 9.45. The molecule has 2 amide bonds. The molecule has 2 aliphatic heterocycles. The Morgan fingerprint density at radius 3 is 2.67 bits per heavy atom. The van der Waals surface area contributed by atoms with Crippen molar-refractivity contribution in [3.8, 4) is 5.75 Å². The molecule has 0 unspecified atom stereocenters. The molecular formula is C24H21ClF3N5O3. The molecule has 1 N–H and O–H groups in total. The van der Waals surface area contributed by atoms with Crippen LogP contribution in [0.1, 0.15) is 22.3 Å². The van der Waals surface area contributed by atoms with Crippen molar-refractivity contribution in [3.63, 3.8) is 0 Å². The van der Waals surface area contributed by atoms with Crippen LogP contribution in [0.25, 0.3) is 17.1 Å². The molecule has 0 radical (unpaired) electrons. The maximum atomic E-state index is 13.1. The van der Waals surface area contributed by atoms with Crippen molar-refractivity contribution >= 4 is 40.5 Å². The third-order valence-electron chi connectivity index (χ3n) is 6.52. The summed E-state index contributed by atoms with van der Waals surface area (Å²) in [6.07, 6.45) is -1.33. The van der Waals surface area contributed by atoms with Gasteiger partial charge in [-0.3, -0.25) is 14.7 Å². The van der Waals surface area contributed by atoms with Crippen LogP contribution in [-0.4, -0.2) is 69.6 Å². The smallest absolute Gasteiger partial charge is 0.406 e. The van der Waals surface area contributed by atoms with Gasteiger partial charge in [-0.2, -0.15) is 0 Å². The summed E-state index contributed by atoms with van der Waals surface area (Å²) in [5, 5.41) is 10.5. The molecule has 2 atom stereocenters. The van der Waals surface area contributed by atoms with Gasteiger partial charge in [-0.1, -0.05) is 16.8 Å². The summed E-state index contributed by atoms with van der Waals surface area (Å²) in [6, 6.07) is 8.88. The number of alkyl halides is 3. The minimum Gasteiger partial charge on any atom is -0.406 e. The van der Waals surface area contributed by atoms with Crippen molar-refractivity contribution in [3.05, 3.63) is 58.6 Å². The van der Waals surface area contributed by atoms with Gasteiger partial charge in [0.1, 0.15) is 11.3 Å². The van der Waals surface area contributed by atoms with Crippen LogP contribution in [0.3, 0.4) is 0 Å². The van der Waals surface area contributed by atoms with Gasteiger partial charge in [0.25, 0.3) is 5.91 Å². The average Bonchev–Trinajstić information content (AvgIpc) is 3.46. The van der Waals surface area contributed by atoms with Crippen LogP contribution in [0.4, 0.5) is 13.2 Å². The van der Waals surface area contributed by atoms with E-state index in [0.29, 0.717) is 42.8 Å². The molecule has 188 valence electrons. The maximum absolute atomic E-state index is 13.1. The van der Waals surface area contributed by atoms with Crippen LogP contribution in [0.2, 0.25) is 5.02 Å². The number of fused-ring (bicyclic) bond motifs is 2. The second-order valence-electron chi connectivity index (χ2n) is 8.95. The molecular weight excluding hydrogens is 499 g/mol. The molecule has 1 aromatic heterocycles. The molecule has 0 bridgehead atoms. The Kier molecular flexibility index (Phi) is 6.33. The van der Waals surface area contributed by atoms with Crippen molar-refractivity contribution in [2.24, 2.45) is 11.8 Å². The normalized spacial score (nSPS) is 20.2. The lowest BCUT2D eigenvalue weighted by Gasteiger charge is -2.34. The molecule has 2 aliphatic rings. The lowest BCUT2D eigenvalue weighted by Crippen LogP contribution is -2.43. The number of halogens is 4. The van der Waals surface area contributed by atoms with Gasteiger partial charge in [0, 0.05) is 42.8 Å². The molecule has 0 aliphatic carbocycles. The van der Waals surface area contributed by atoms with Gasteiger partial charge in [0.2, 0.25) is 5.91 Å². The number of nitrogens with one attached hydrogen (secondary N) is 1. The Balaban J connectivity index is 1.21. The molecule has 0 saturated carbocycles. The Morgan fingerprint density at radius 2 is 1.86 bits per heavy atom. The first-order valence-electron chi connectivity index (χ1n) is 11.3. The number of rotatable bonds is 4. The molecule has 0 spiro atoms. The SMILES string of the molecule is O=C(C=Cc1cc(Cl)cc(OC(F)(F)F)c1)N1C[C@@H]2CN(C(=O)c3ccc4[nH]nnc4c3)CC[C@H]2C1. The summed E-state index contributed by atoms with van der Waals surface area (Å²) >= 11 is 5.89. The minimum atomic E-state index is -4.84. The number of H-pyrrole nitrogens is 1. The topological polar surface area (TPSA) is 91.4 Å². The third-order valence-corrected chi connectivity index (χ3v) is 6.74. The number of hydrogen-bond donors (Lipinski definition) is 1. The Morgan fingerprint density at radius 1 is 1.08 bits per heavy atom. The standard InChI is InChI=1S/C24H21ClF3N5O3/c25-18-7-14(8-19(10-18)36-24(26,27)28)1-4-22(34)33-11-16-5-6-32(12-17(16)13-33)23(35)15-2-3-20-21(9-15)30-31-29-20/h1-4,7-10,16-17H,5-6,11-13H2,(H,29,30,31)/t16-,17-/m0/s1. The predicted molar refractivity (Wildman–Crippen MR) is 125 cm³/mol. The largest absolute Gasteiger partial charge is 0.573 e. The molecule has 2 fully saturated rings. The van der Waals surface area contributed by atoms with Crippen LogP contribution in [-0.2, 0) is 4.79 Å². The van der Waals surface area contributed by atoms with E-state index in [2.05, 4.69) is 20.1 Å². The van der Waals surface area contributed by atoms with Gasteiger partial charge in [0.05, 0.1) is 5.52 Å². The quantitative estimate of drug-likeness (QED) is 0.523. The molecule has 36 heavy (non-hydrogen) atoms. The first-order valence-corrected chi connectivity index (χ1v) is 11.7. The van der Waals surface area contributed by atoms with E-state index in [1.165, 1.54) is 18.2 Å². The first-order chi connectivity index (χ1) is 17.1. The van der Waals surface area contributed by atoms with Crippen LogP contribution in [0.5, 0.6) is 5.75 Å². The van der Waals surface area contributed by atoms with E-state index in [4.69, 9.17) is 11.6 Å². The molecule has 12 heteroatoms. The van der Waals surface area contributed by atoms with Gasteiger partial charge in [-0.05, 0) is 66.3 Å². The molecule has 2 aromatic carbocycles. The van der Waals surface area contributed by atoms with Crippen LogP contribution >= 0.6 is 11.6 Å². The van der Waals surface area contributed by atoms with E-state index in [9.17, 15) is 22.8 Å². The Hall–Kier alpha value is -3.60. The summed E-state index contributed by atoms with van der Waals surface area (Å²) < 4.78 is 41.5. The van der Waals surface area contributed by atoms with Crippen LogP contribution < -0.4 is 4.74 Å². The number of aromatic nitrogens is 3. The molecule has 2 saturated heterocycles. The fourth-order valence-corrected chi connectivity index (χ4v) is 5.07. The van der Waals surface area contributed by atoms with E-state index in [1.54, 1.807) is 28.0 Å². The monoisotopic (exact) mass is 519 g/mol. The number of hydrogen-bond acceptors (Lipinski definition) is 5. The van der Waals surface area contributed by atoms with Crippen LogP contribution in [0.15, 0.2) is 42.5 Å². The van der Waals surface area contributed by atoms with Gasteiger partial charge in [-0.25, -0.2) is 0 Å². The van der Waals surface area contributed by atoms with E-state index in [-0.39, 0.29) is 28.7 Å². The Labute approximate surface area is 208 Å². The van der Waals surface area contributed by atoms with Crippen molar-refractivity contribution in [1.82, 2.24) is 25.2 Å². The van der Waals surface area contributed by atoms with Crippen molar-refractivity contribution < 1.29 is 27.5 Å². The number of carbonyl (C=O) groups excluding carboxylic acids is 2. The number of likely N-dealkylation sites (tertiary alicyclic amines) is 2. The zero-order valence-electron chi connectivity index (χ0n) is 18.8. The number of amides is 2. The highest BCUT2D eigenvalue weighted by molar-refractivity contribution is 6.30. The highest BCUT2D eigenvalue weighted by Crippen LogP contribution is 2.32. The lowest BCUT2D eigenvalue weighted by molar-refractivity contribution is -0.274. The van der Waals surface area contributed by atoms with Crippen molar-refractivity contribution in [1.29, 1.82) is 0 Å². The number of nitrogens with zero attached hydrogens (tertiary/aromatic N) is 4. The number of ether oxygens (including phenoxy) is 1. The summed E-state index contributed by atoms with van der Waals surface area (Å²) in [6.45, 7) is 2.20.